The molecule has 1 aromatic heterocycles. The smallest absolute Gasteiger partial charge is 0.434 e. The summed E-state index contributed by atoms with van der Waals surface area (Å²) in [6, 6.07) is 11.0. The lowest BCUT2D eigenvalue weighted by molar-refractivity contribution is 0.0814. The molecule has 0 bridgehead atoms. The highest BCUT2D eigenvalue weighted by Gasteiger charge is 2.29. The Balaban J connectivity index is 1.83. The molecule has 0 N–H and O–H groups in total. The summed E-state index contributed by atoms with van der Waals surface area (Å²) in [7, 11) is 4.46. The van der Waals surface area contributed by atoms with Crippen LogP contribution in [-0.4, -0.2) is 61.2 Å². The van der Waals surface area contributed by atoms with E-state index >= 15 is 0 Å². The summed E-state index contributed by atoms with van der Waals surface area (Å²) in [6.07, 6.45) is 0.828. The summed E-state index contributed by atoms with van der Waals surface area (Å²) < 4.78 is 26.7. The molecule has 0 spiro atoms. The highest BCUT2D eigenvalue weighted by atomic mass is 32.2. The molecule has 0 fully saturated rings. The maximum atomic E-state index is 12.0. The Labute approximate surface area is 206 Å². The van der Waals surface area contributed by atoms with Crippen molar-refractivity contribution in [2.75, 3.05) is 34.2 Å². The lowest BCUT2D eigenvalue weighted by Crippen LogP contribution is -2.15. The molecule has 11 heteroatoms. The minimum atomic E-state index is -0.726. The first-order valence-electron chi connectivity index (χ1n) is 10.6. The van der Waals surface area contributed by atoms with Crippen molar-refractivity contribution in [1.29, 1.82) is 0 Å². The lowest BCUT2D eigenvalue weighted by atomic mass is 10.0. The summed E-state index contributed by atoms with van der Waals surface area (Å²) in [5.74, 6) is 2.13. The van der Waals surface area contributed by atoms with Gasteiger partial charge in [0.1, 0.15) is 23.5 Å². The van der Waals surface area contributed by atoms with Crippen LogP contribution in [0.5, 0.6) is 11.5 Å². The predicted octanol–water partition coefficient (Wildman–Crippen LogP) is 4.78. The molecule has 0 saturated heterocycles. The van der Waals surface area contributed by atoms with E-state index in [4.69, 9.17) is 28.5 Å². The van der Waals surface area contributed by atoms with Crippen LogP contribution in [0.3, 0.4) is 0 Å². The summed E-state index contributed by atoms with van der Waals surface area (Å²) in [5, 5.41) is 4.32. The third kappa shape index (κ3) is 5.20. The van der Waals surface area contributed by atoms with Gasteiger partial charge in [-0.3, -0.25) is 0 Å². The maximum absolute atomic E-state index is 12.0. The van der Waals surface area contributed by atoms with Crippen molar-refractivity contribution in [3.8, 4) is 22.9 Å². The number of ether oxygens (including phenoxy) is 4. The number of methoxy groups -OCH3 is 3. The molecule has 0 radical (unpaired) electrons. The Hall–Kier alpha value is -3.70. The van der Waals surface area contributed by atoms with E-state index in [9.17, 15) is 4.79 Å². The van der Waals surface area contributed by atoms with Gasteiger partial charge in [-0.25, -0.2) is 9.79 Å². The van der Waals surface area contributed by atoms with Gasteiger partial charge in [0.05, 0.1) is 19.9 Å². The molecule has 1 amide bonds. The number of benzene rings is 2. The predicted molar refractivity (Wildman–Crippen MR) is 132 cm³/mol. The van der Waals surface area contributed by atoms with Crippen LogP contribution in [0.2, 0.25) is 0 Å². The van der Waals surface area contributed by atoms with E-state index in [0.29, 0.717) is 51.8 Å². The van der Waals surface area contributed by atoms with Crippen LogP contribution < -0.4 is 9.47 Å². The summed E-state index contributed by atoms with van der Waals surface area (Å²) in [6.45, 7) is 2.11. The minimum absolute atomic E-state index is 0.256. The SMILES string of the molecule is COC(=O)N=C(SC)C(=Nc1ccc(-c2noc(C)n2)cc1)c1cc(OC)c2c(c1)C(OC)CO2. The summed E-state index contributed by atoms with van der Waals surface area (Å²) in [4.78, 5) is 25.2. The van der Waals surface area contributed by atoms with E-state index in [2.05, 4.69) is 15.1 Å². The van der Waals surface area contributed by atoms with Crippen LogP contribution in [0.4, 0.5) is 10.5 Å². The van der Waals surface area contributed by atoms with Crippen LogP contribution in [0.15, 0.2) is 50.9 Å². The molecular formula is C24H24N4O6S. The normalized spacial score (nSPS) is 15.5. The fourth-order valence-electron chi connectivity index (χ4n) is 3.54. The van der Waals surface area contributed by atoms with E-state index in [1.165, 1.54) is 18.9 Å². The van der Waals surface area contributed by atoms with Gasteiger partial charge >= 0.3 is 6.09 Å². The average Bonchev–Trinajstić information content (AvgIpc) is 3.51. The number of hydrogen-bond donors (Lipinski definition) is 0. The van der Waals surface area contributed by atoms with Crippen molar-refractivity contribution in [3.05, 3.63) is 53.4 Å². The Bertz CT molecular complexity index is 1290. The van der Waals surface area contributed by atoms with Gasteiger partial charge in [0.2, 0.25) is 11.7 Å². The van der Waals surface area contributed by atoms with Gasteiger partial charge in [-0.2, -0.15) is 9.98 Å². The van der Waals surface area contributed by atoms with Crippen LogP contribution in [0.1, 0.15) is 23.1 Å². The zero-order valence-electron chi connectivity index (χ0n) is 19.9. The Morgan fingerprint density at radius 1 is 1.17 bits per heavy atom. The number of carbonyl (C=O) groups is 1. The number of hydrogen-bond acceptors (Lipinski definition) is 10. The molecule has 1 unspecified atom stereocenters. The van der Waals surface area contributed by atoms with Crippen molar-refractivity contribution < 1.29 is 28.3 Å². The van der Waals surface area contributed by atoms with Gasteiger partial charge in [-0.15, -0.1) is 11.8 Å². The molecule has 35 heavy (non-hydrogen) atoms. The second kappa shape index (κ2) is 10.7. The molecule has 1 aliphatic heterocycles. The summed E-state index contributed by atoms with van der Waals surface area (Å²) in [5.41, 5.74) is 3.40. The second-order valence-electron chi connectivity index (χ2n) is 7.37. The maximum Gasteiger partial charge on any atom is 0.434 e. The molecule has 1 atom stereocenters. The molecule has 182 valence electrons. The van der Waals surface area contributed by atoms with Gasteiger partial charge in [-0.1, -0.05) is 5.16 Å². The minimum Gasteiger partial charge on any atom is -0.493 e. The van der Waals surface area contributed by atoms with Gasteiger partial charge in [0, 0.05) is 30.7 Å². The largest absolute Gasteiger partial charge is 0.493 e. The molecule has 0 aliphatic carbocycles. The van der Waals surface area contributed by atoms with Crippen LogP contribution in [0, 0.1) is 6.92 Å². The Kier molecular flexibility index (Phi) is 7.47. The lowest BCUT2D eigenvalue weighted by Gasteiger charge is -2.14. The molecule has 2 heterocycles. The molecule has 2 aromatic carbocycles. The number of amides is 1. The van der Waals surface area contributed by atoms with Gasteiger partial charge < -0.3 is 23.5 Å². The van der Waals surface area contributed by atoms with Crippen LogP contribution in [0.25, 0.3) is 11.4 Å². The van der Waals surface area contributed by atoms with E-state index in [1.807, 2.05) is 36.6 Å². The first-order chi connectivity index (χ1) is 17.0. The van der Waals surface area contributed by atoms with Crippen molar-refractivity contribution in [3.63, 3.8) is 0 Å². The Morgan fingerprint density at radius 2 is 1.94 bits per heavy atom. The highest BCUT2D eigenvalue weighted by molar-refractivity contribution is 8.15. The second-order valence-corrected chi connectivity index (χ2v) is 8.16. The molecule has 0 saturated carbocycles. The number of rotatable bonds is 6. The number of aliphatic imine (C=N–C) groups is 2. The van der Waals surface area contributed by atoms with Crippen molar-refractivity contribution in [2.24, 2.45) is 9.98 Å². The molecular weight excluding hydrogens is 472 g/mol. The zero-order chi connectivity index (χ0) is 24.9. The molecule has 10 nitrogen and oxygen atoms in total. The third-order valence-corrected chi connectivity index (χ3v) is 5.92. The first kappa shape index (κ1) is 24.4. The standard InChI is InChI=1S/C24H24N4O6S/c1-13-25-22(28-34-13)14-6-8-16(9-7-14)26-20(23(35-5)27-24(29)32-4)15-10-17-19(31-3)12-33-21(17)18(11-15)30-2/h6-11,19H,12H2,1-5H3. The number of carbonyl (C=O) groups excluding carboxylic acids is 1. The van der Waals surface area contributed by atoms with Crippen LogP contribution >= 0.6 is 11.8 Å². The topological polar surface area (TPSA) is 118 Å². The number of fused-ring (bicyclic) bond motifs is 1. The number of thioether (sulfide) groups is 1. The molecule has 3 aromatic rings. The van der Waals surface area contributed by atoms with E-state index in [0.717, 1.165) is 11.1 Å². The fourth-order valence-corrected chi connectivity index (χ4v) is 4.06. The average molecular weight is 497 g/mol. The van der Waals surface area contributed by atoms with E-state index in [1.54, 1.807) is 27.2 Å². The quantitative estimate of drug-likeness (QED) is 0.351. The number of aryl methyl sites for hydroxylation is 1. The van der Waals surface area contributed by atoms with Crippen LogP contribution in [-0.2, 0) is 9.47 Å². The van der Waals surface area contributed by atoms with E-state index < -0.39 is 6.09 Å². The monoisotopic (exact) mass is 496 g/mol. The van der Waals surface area contributed by atoms with Crippen molar-refractivity contribution >= 4 is 34.3 Å². The number of nitrogens with zero attached hydrogens (tertiary/aromatic N) is 4. The molecule has 1 aliphatic rings. The first-order valence-corrected chi connectivity index (χ1v) is 11.8. The fraction of sp³-hybridized carbons (Fsp3) is 0.292. The van der Waals surface area contributed by atoms with Gasteiger partial charge in [0.25, 0.3) is 0 Å². The van der Waals surface area contributed by atoms with Crippen molar-refractivity contribution in [2.45, 2.75) is 13.0 Å². The van der Waals surface area contributed by atoms with Gasteiger partial charge in [-0.05, 0) is 42.7 Å². The molecule has 4 rings (SSSR count). The van der Waals surface area contributed by atoms with Gasteiger partial charge in [0.15, 0.2) is 11.5 Å². The Morgan fingerprint density at radius 3 is 2.54 bits per heavy atom. The number of aromatic nitrogens is 2. The zero-order valence-corrected chi connectivity index (χ0v) is 20.7. The highest BCUT2D eigenvalue weighted by Crippen LogP contribution is 2.43. The summed E-state index contributed by atoms with van der Waals surface area (Å²) >= 11 is 1.27. The van der Waals surface area contributed by atoms with E-state index in [-0.39, 0.29) is 6.10 Å². The third-order valence-electron chi connectivity index (χ3n) is 5.24. The van der Waals surface area contributed by atoms with Crippen molar-refractivity contribution in [1.82, 2.24) is 10.1 Å².